The quantitative estimate of drug-likeness (QED) is 0.794. The van der Waals surface area contributed by atoms with Gasteiger partial charge in [-0.2, -0.15) is 0 Å². The molecule has 2 rings (SSSR count). The molecule has 0 aliphatic rings. The van der Waals surface area contributed by atoms with Crippen LogP contribution in [0.25, 0.3) is 0 Å². The summed E-state index contributed by atoms with van der Waals surface area (Å²) in [4.78, 5) is 23.8. The van der Waals surface area contributed by atoms with E-state index in [-0.39, 0.29) is 12.5 Å². The molecule has 2 aromatic rings. The van der Waals surface area contributed by atoms with Gasteiger partial charge in [-0.25, -0.2) is 0 Å². The van der Waals surface area contributed by atoms with E-state index in [1.807, 2.05) is 37.3 Å². The molecule has 0 heterocycles. The van der Waals surface area contributed by atoms with Crippen molar-refractivity contribution in [1.82, 2.24) is 10.9 Å². The van der Waals surface area contributed by atoms with Gasteiger partial charge in [-0.1, -0.05) is 44.2 Å². The van der Waals surface area contributed by atoms with Crippen LogP contribution in [0.3, 0.4) is 0 Å². The maximum absolute atomic E-state index is 12.0. The normalized spacial score (nSPS) is 10.4. The maximum atomic E-state index is 12.0. The van der Waals surface area contributed by atoms with Crippen LogP contribution in [0.1, 0.15) is 35.3 Å². The van der Waals surface area contributed by atoms with Crippen molar-refractivity contribution in [3.05, 3.63) is 65.2 Å². The minimum absolute atomic E-state index is 0.168. The molecule has 2 N–H and O–H groups in total. The van der Waals surface area contributed by atoms with Crippen LogP contribution >= 0.6 is 0 Å². The predicted octanol–water partition coefficient (Wildman–Crippen LogP) is 3.03. The Balaban J connectivity index is 1.79. The van der Waals surface area contributed by atoms with Crippen LogP contribution in [0, 0.1) is 12.8 Å². The first-order valence-electron chi connectivity index (χ1n) is 8.32. The van der Waals surface area contributed by atoms with Crippen molar-refractivity contribution in [3.8, 4) is 5.75 Å². The van der Waals surface area contributed by atoms with Gasteiger partial charge >= 0.3 is 0 Å². The molecule has 5 heteroatoms. The molecule has 2 amide bonds. The first-order chi connectivity index (χ1) is 12.0. The Labute approximate surface area is 148 Å². The highest BCUT2D eigenvalue weighted by Gasteiger charge is 2.09. The molecule has 0 unspecified atom stereocenters. The number of aryl methyl sites for hydroxylation is 1. The highest BCUT2D eigenvalue weighted by molar-refractivity contribution is 5.95. The summed E-state index contributed by atoms with van der Waals surface area (Å²) in [6, 6.07) is 14.8. The Morgan fingerprint density at radius 2 is 1.68 bits per heavy atom. The molecule has 2 aromatic carbocycles. The van der Waals surface area contributed by atoms with Crippen molar-refractivity contribution in [1.29, 1.82) is 0 Å². The van der Waals surface area contributed by atoms with Crippen LogP contribution in [0.4, 0.5) is 0 Å². The van der Waals surface area contributed by atoms with Crippen molar-refractivity contribution >= 4 is 11.8 Å². The minimum atomic E-state index is -0.423. The van der Waals surface area contributed by atoms with Gasteiger partial charge in [-0.05, 0) is 48.6 Å². The van der Waals surface area contributed by atoms with Gasteiger partial charge in [0.2, 0.25) is 0 Å². The van der Waals surface area contributed by atoms with Gasteiger partial charge in [-0.15, -0.1) is 0 Å². The van der Waals surface area contributed by atoms with Crippen LogP contribution in [-0.2, 0) is 11.2 Å². The second kappa shape index (κ2) is 8.87. The molecule has 0 saturated carbocycles. The zero-order valence-corrected chi connectivity index (χ0v) is 14.8. The first kappa shape index (κ1) is 18.5. The van der Waals surface area contributed by atoms with E-state index < -0.39 is 5.91 Å². The van der Waals surface area contributed by atoms with E-state index in [4.69, 9.17) is 4.74 Å². The van der Waals surface area contributed by atoms with Crippen molar-refractivity contribution < 1.29 is 14.3 Å². The summed E-state index contributed by atoms with van der Waals surface area (Å²) in [5.41, 5.74) is 7.37. The number of carbonyl (C=O) groups excluding carboxylic acids is 2. The van der Waals surface area contributed by atoms with E-state index in [9.17, 15) is 9.59 Å². The largest absolute Gasteiger partial charge is 0.483 e. The summed E-state index contributed by atoms with van der Waals surface area (Å²) in [7, 11) is 0. The first-order valence-corrected chi connectivity index (χ1v) is 8.32. The van der Waals surface area contributed by atoms with E-state index in [2.05, 4.69) is 24.7 Å². The Kier molecular flexibility index (Phi) is 6.57. The summed E-state index contributed by atoms with van der Waals surface area (Å²) in [5.74, 6) is 0.422. The summed E-state index contributed by atoms with van der Waals surface area (Å²) in [6.07, 6.45) is 0.967. The second-order valence-corrected chi connectivity index (χ2v) is 6.35. The van der Waals surface area contributed by atoms with Crippen molar-refractivity contribution in [3.63, 3.8) is 0 Å². The number of benzene rings is 2. The van der Waals surface area contributed by atoms with Crippen molar-refractivity contribution in [2.75, 3.05) is 6.61 Å². The van der Waals surface area contributed by atoms with Crippen LogP contribution in [0.2, 0.25) is 0 Å². The zero-order valence-electron chi connectivity index (χ0n) is 14.8. The molecular weight excluding hydrogens is 316 g/mol. The maximum Gasteiger partial charge on any atom is 0.276 e. The van der Waals surface area contributed by atoms with Crippen molar-refractivity contribution in [2.45, 2.75) is 27.2 Å². The van der Waals surface area contributed by atoms with Gasteiger partial charge in [0.15, 0.2) is 6.61 Å². The number of rotatable bonds is 6. The Hall–Kier alpha value is -2.82. The lowest BCUT2D eigenvalue weighted by atomic mass is 10.0. The van der Waals surface area contributed by atoms with Gasteiger partial charge in [0, 0.05) is 5.56 Å². The fourth-order valence-electron chi connectivity index (χ4n) is 2.36. The molecular formula is C20H24N2O3. The van der Waals surface area contributed by atoms with Gasteiger partial charge < -0.3 is 4.74 Å². The number of hydrazine groups is 1. The monoisotopic (exact) mass is 340 g/mol. The number of amides is 2. The van der Waals surface area contributed by atoms with Crippen LogP contribution < -0.4 is 15.6 Å². The average molecular weight is 340 g/mol. The SMILES string of the molecule is Cc1ccccc1OCC(=O)NNC(=O)c1ccc(CC(C)C)cc1. The fraction of sp³-hybridized carbons (Fsp3) is 0.300. The third-order valence-corrected chi connectivity index (χ3v) is 3.63. The molecule has 0 aliphatic heterocycles. The molecule has 0 aromatic heterocycles. The van der Waals surface area contributed by atoms with Gasteiger partial charge in [0.05, 0.1) is 0 Å². The highest BCUT2D eigenvalue weighted by Crippen LogP contribution is 2.15. The summed E-state index contributed by atoms with van der Waals surface area (Å²) < 4.78 is 5.43. The lowest BCUT2D eigenvalue weighted by Gasteiger charge is -2.10. The van der Waals surface area contributed by atoms with Crippen LogP contribution in [0.5, 0.6) is 5.75 Å². The second-order valence-electron chi connectivity index (χ2n) is 6.35. The van der Waals surface area contributed by atoms with Crippen LogP contribution in [0.15, 0.2) is 48.5 Å². The number of hydrogen-bond acceptors (Lipinski definition) is 3. The Bertz CT molecular complexity index is 724. The molecule has 0 fully saturated rings. The lowest BCUT2D eigenvalue weighted by molar-refractivity contribution is -0.123. The van der Waals surface area contributed by atoms with E-state index in [1.165, 1.54) is 5.56 Å². The molecule has 0 spiro atoms. The molecule has 0 atom stereocenters. The van der Waals surface area contributed by atoms with Gasteiger partial charge in [-0.3, -0.25) is 20.4 Å². The van der Waals surface area contributed by atoms with Crippen molar-refractivity contribution in [2.24, 2.45) is 5.92 Å². The smallest absolute Gasteiger partial charge is 0.276 e. The molecule has 5 nitrogen and oxygen atoms in total. The number of para-hydroxylation sites is 1. The number of hydrogen-bond donors (Lipinski definition) is 2. The third-order valence-electron chi connectivity index (χ3n) is 3.63. The number of nitrogens with one attached hydrogen (secondary N) is 2. The summed E-state index contributed by atoms with van der Waals surface area (Å²) in [6.45, 7) is 6.03. The minimum Gasteiger partial charge on any atom is -0.483 e. The standard InChI is InChI=1S/C20H24N2O3/c1-14(2)12-16-8-10-17(11-9-16)20(24)22-21-19(23)13-25-18-7-5-4-6-15(18)3/h4-11,14H,12-13H2,1-3H3,(H,21,23)(H,22,24). The molecule has 0 bridgehead atoms. The summed E-state index contributed by atoms with van der Waals surface area (Å²) >= 11 is 0. The molecule has 25 heavy (non-hydrogen) atoms. The lowest BCUT2D eigenvalue weighted by Crippen LogP contribution is -2.43. The van der Waals surface area contributed by atoms with E-state index in [0.29, 0.717) is 17.2 Å². The fourth-order valence-corrected chi connectivity index (χ4v) is 2.36. The average Bonchev–Trinajstić information content (AvgIpc) is 2.59. The number of carbonyl (C=O) groups is 2. The topological polar surface area (TPSA) is 67.4 Å². The van der Waals surface area contributed by atoms with E-state index in [0.717, 1.165) is 12.0 Å². The predicted molar refractivity (Wildman–Crippen MR) is 97.3 cm³/mol. The van der Waals surface area contributed by atoms with Gasteiger partial charge in [0.1, 0.15) is 5.75 Å². The zero-order chi connectivity index (χ0) is 18.2. The summed E-state index contributed by atoms with van der Waals surface area (Å²) in [5, 5.41) is 0. The molecule has 0 saturated heterocycles. The van der Waals surface area contributed by atoms with Gasteiger partial charge in [0.25, 0.3) is 11.8 Å². The number of ether oxygens (including phenoxy) is 1. The Morgan fingerprint density at radius 3 is 2.32 bits per heavy atom. The third kappa shape index (κ3) is 5.95. The highest BCUT2D eigenvalue weighted by atomic mass is 16.5. The molecule has 0 aliphatic carbocycles. The molecule has 132 valence electrons. The molecule has 0 radical (unpaired) electrons. The van der Waals surface area contributed by atoms with E-state index >= 15 is 0 Å². The Morgan fingerprint density at radius 1 is 1.00 bits per heavy atom. The van der Waals surface area contributed by atoms with Crippen LogP contribution in [-0.4, -0.2) is 18.4 Å². The van der Waals surface area contributed by atoms with E-state index in [1.54, 1.807) is 18.2 Å².